The fourth-order valence-electron chi connectivity index (χ4n) is 2.34. The zero-order valence-corrected chi connectivity index (χ0v) is 10.00. The molecule has 0 spiro atoms. The molecule has 96 valence electrons. The van der Waals surface area contributed by atoms with Gasteiger partial charge in [-0.3, -0.25) is 19.7 Å². The van der Waals surface area contributed by atoms with Crippen LogP contribution in [0.15, 0.2) is 24.5 Å². The quantitative estimate of drug-likeness (QED) is 0.633. The van der Waals surface area contributed by atoms with E-state index in [0.29, 0.717) is 23.9 Å². The third-order valence-electron chi connectivity index (χ3n) is 3.34. The zero-order chi connectivity index (χ0) is 13.4. The van der Waals surface area contributed by atoms with Crippen molar-refractivity contribution in [2.24, 2.45) is 0 Å². The minimum absolute atomic E-state index is 0.236. The van der Waals surface area contributed by atoms with Crippen molar-refractivity contribution in [3.8, 4) is 0 Å². The van der Waals surface area contributed by atoms with Crippen molar-refractivity contribution >= 4 is 23.6 Å². The van der Waals surface area contributed by atoms with Crippen molar-refractivity contribution in [1.29, 1.82) is 0 Å². The third kappa shape index (κ3) is 1.91. The number of nitrogens with zero attached hydrogens (tertiary/aromatic N) is 2. The Bertz CT molecular complexity index is 689. The van der Waals surface area contributed by atoms with E-state index in [0.717, 1.165) is 11.8 Å². The van der Waals surface area contributed by atoms with E-state index in [1.54, 1.807) is 22.8 Å². The van der Waals surface area contributed by atoms with E-state index in [-0.39, 0.29) is 17.7 Å². The number of aldehydes is 1. The topological polar surface area (TPSA) is 80.5 Å². The fourth-order valence-corrected chi connectivity index (χ4v) is 2.34. The lowest BCUT2D eigenvalue weighted by Crippen LogP contribution is -2.39. The Balaban J connectivity index is 2.03. The fraction of sp³-hybridized carbons (Fsp3) is 0.231. The largest absolute Gasteiger partial charge is 0.298 e. The van der Waals surface area contributed by atoms with Crippen LogP contribution >= 0.6 is 0 Å². The van der Waals surface area contributed by atoms with Crippen molar-refractivity contribution < 1.29 is 14.4 Å². The highest BCUT2D eigenvalue weighted by atomic mass is 16.2. The number of imide groups is 1. The molecule has 6 heteroatoms. The normalized spacial score (nSPS) is 19.5. The van der Waals surface area contributed by atoms with Crippen LogP contribution in [0.2, 0.25) is 0 Å². The van der Waals surface area contributed by atoms with Crippen LogP contribution in [0.1, 0.15) is 34.7 Å². The van der Waals surface area contributed by atoms with Gasteiger partial charge in [-0.1, -0.05) is 0 Å². The number of carbonyl (C=O) groups is 3. The number of nitrogens with one attached hydrogen (secondary N) is 1. The van der Waals surface area contributed by atoms with Crippen molar-refractivity contribution in [2.75, 3.05) is 0 Å². The van der Waals surface area contributed by atoms with Crippen LogP contribution in [0, 0.1) is 0 Å². The van der Waals surface area contributed by atoms with Crippen molar-refractivity contribution in [1.82, 2.24) is 14.9 Å². The lowest BCUT2D eigenvalue weighted by molar-refractivity contribution is -0.134. The first-order chi connectivity index (χ1) is 9.19. The van der Waals surface area contributed by atoms with Crippen LogP contribution in [-0.2, 0) is 9.59 Å². The van der Waals surface area contributed by atoms with E-state index < -0.39 is 0 Å². The number of piperidine rings is 1. The van der Waals surface area contributed by atoms with Gasteiger partial charge in [0.05, 0.1) is 23.2 Å². The molecule has 3 heterocycles. The smallest absolute Gasteiger partial charge is 0.234 e. The van der Waals surface area contributed by atoms with Crippen LogP contribution in [0.3, 0.4) is 0 Å². The lowest BCUT2D eigenvalue weighted by atomic mass is 9.91. The molecular formula is C13H11N3O3. The molecule has 1 N–H and O–H groups in total. The SMILES string of the molecule is O=Cc1cnn2ccc(C3CCC(=O)NC3=O)cc12. The molecule has 0 aromatic carbocycles. The highest BCUT2D eigenvalue weighted by molar-refractivity contribution is 6.01. The lowest BCUT2D eigenvalue weighted by Gasteiger charge is -2.21. The van der Waals surface area contributed by atoms with E-state index in [1.807, 2.05) is 0 Å². The molecule has 0 radical (unpaired) electrons. The molecule has 1 unspecified atom stereocenters. The number of hydrogen-bond acceptors (Lipinski definition) is 4. The Kier molecular flexibility index (Phi) is 2.63. The van der Waals surface area contributed by atoms with Gasteiger partial charge in [-0.05, 0) is 24.1 Å². The van der Waals surface area contributed by atoms with Gasteiger partial charge in [0.2, 0.25) is 11.8 Å². The second-order valence-corrected chi connectivity index (χ2v) is 4.51. The third-order valence-corrected chi connectivity index (χ3v) is 3.34. The number of fused-ring (bicyclic) bond motifs is 1. The number of aromatic nitrogens is 2. The van der Waals surface area contributed by atoms with Crippen molar-refractivity contribution in [2.45, 2.75) is 18.8 Å². The summed E-state index contributed by atoms with van der Waals surface area (Å²) in [4.78, 5) is 33.8. The number of pyridine rings is 1. The molecular weight excluding hydrogens is 246 g/mol. The number of rotatable bonds is 2. The summed E-state index contributed by atoms with van der Waals surface area (Å²) in [5.41, 5.74) is 1.94. The molecule has 3 rings (SSSR count). The van der Waals surface area contributed by atoms with Gasteiger partial charge >= 0.3 is 0 Å². The standard InChI is InChI=1S/C13H11N3O3/c17-7-9-6-14-16-4-3-8(5-11(9)16)10-1-2-12(18)15-13(10)19/h3-7,10H,1-2H2,(H,15,18,19). The van der Waals surface area contributed by atoms with Gasteiger partial charge in [0.15, 0.2) is 6.29 Å². The van der Waals surface area contributed by atoms with Crippen LogP contribution in [0.5, 0.6) is 0 Å². The first kappa shape index (κ1) is 11.6. The number of hydrogen-bond donors (Lipinski definition) is 1. The summed E-state index contributed by atoms with van der Waals surface area (Å²) in [5, 5.41) is 6.37. The zero-order valence-electron chi connectivity index (χ0n) is 10.00. The molecule has 2 aromatic rings. The maximum absolute atomic E-state index is 11.8. The molecule has 1 saturated heterocycles. The van der Waals surface area contributed by atoms with Gasteiger partial charge in [-0.25, -0.2) is 4.52 Å². The molecule has 2 amide bonds. The van der Waals surface area contributed by atoms with E-state index in [1.165, 1.54) is 6.20 Å². The van der Waals surface area contributed by atoms with Gasteiger partial charge < -0.3 is 0 Å². The summed E-state index contributed by atoms with van der Waals surface area (Å²) in [6.45, 7) is 0. The van der Waals surface area contributed by atoms with E-state index in [2.05, 4.69) is 10.4 Å². The Morgan fingerprint density at radius 1 is 1.42 bits per heavy atom. The molecule has 1 fully saturated rings. The molecule has 19 heavy (non-hydrogen) atoms. The summed E-state index contributed by atoms with van der Waals surface area (Å²) < 4.78 is 1.58. The predicted molar refractivity (Wildman–Crippen MR) is 65.7 cm³/mol. The summed E-state index contributed by atoms with van der Waals surface area (Å²) in [5.74, 6) is -0.870. The monoisotopic (exact) mass is 257 g/mol. The van der Waals surface area contributed by atoms with Gasteiger partial charge in [0.25, 0.3) is 0 Å². The minimum Gasteiger partial charge on any atom is -0.298 e. The Morgan fingerprint density at radius 2 is 2.26 bits per heavy atom. The van der Waals surface area contributed by atoms with Crippen molar-refractivity contribution in [3.05, 3.63) is 35.7 Å². The molecule has 6 nitrogen and oxygen atoms in total. The minimum atomic E-state index is -0.350. The van der Waals surface area contributed by atoms with Gasteiger partial charge in [-0.15, -0.1) is 0 Å². The maximum atomic E-state index is 11.8. The maximum Gasteiger partial charge on any atom is 0.234 e. The van der Waals surface area contributed by atoms with Gasteiger partial charge in [0.1, 0.15) is 0 Å². The number of carbonyl (C=O) groups excluding carboxylic acids is 3. The molecule has 1 aliphatic rings. The Labute approximate surface area is 108 Å². The Morgan fingerprint density at radius 3 is 3.00 bits per heavy atom. The highest BCUT2D eigenvalue weighted by Crippen LogP contribution is 2.26. The summed E-state index contributed by atoms with van der Waals surface area (Å²) >= 11 is 0. The van der Waals surface area contributed by atoms with Gasteiger partial charge in [0, 0.05) is 12.6 Å². The van der Waals surface area contributed by atoms with E-state index in [9.17, 15) is 14.4 Å². The summed E-state index contributed by atoms with van der Waals surface area (Å²) in [6.07, 6.45) is 4.75. The molecule has 1 atom stereocenters. The predicted octanol–water partition coefficient (Wildman–Crippen LogP) is 0.667. The van der Waals surface area contributed by atoms with E-state index in [4.69, 9.17) is 0 Å². The first-order valence-electron chi connectivity index (χ1n) is 5.95. The molecule has 2 aromatic heterocycles. The van der Waals surface area contributed by atoms with Crippen LogP contribution in [0.4, 0.5) is 0 Å². The molecule has 0 aliphatic carbocycles. The number of amides is 2. The highest BCUT2D eigenvalue weighted by Gasteiger charge is 2.28. The molecule has 0 bridgehead atoms. The summed E-state index contributed by atoms with van der Waals surface area (Å²) in [6, 6.07) is 3.56. The summed E-state index contributed by atoms with van der Waals surface area (Å²) in [7, 11) is 0. The van der Waals surface area contributed by atoms with Crippen molar-refractivity contribution in [3.63, 3.8) is 0 Å². The van der Waals surface area contributed by atoms with Crippen LogP contribution in [0.25, 0.3) is 5.52 Å². The van der Waals surface area contributed by atoms with Crippen LogP contribution < -0.4 is 5.32 Å². The van der Waals surface area contributed by atoms with Crippen LogP contribution in [-0.4, -0.2) is 27.7 Å². The average Bonchev–Trinajstić information content (AvgIpc) is 2.80. The Hall–Kier alpha value is -2.50. The second kappa shape index (κ2) is 4.31. The second-order valence-electron chi connectivity index (χ2n) is 4.51. The molecule has 1 aliphatic heterocycles. The van der Waals surface area contributed by atoms with Gasteiger partial charge in [-0.2, -0.15) is 5.10 Å². The van der Waals surface area contributed by atoms with E-state index >= 15 is 0 Å². The molecule has 0 saturated carbocycles. The average molecular weight is 257 g/mol. The first-order valence-corrected chi connectivity index (χ1v) is 5.95.